The fourth-order valence-electron chi connectivity index (χ4n) is 4.75. The summed E-state index contributed by atoms with van der Waals surface area (Å²) in [6.45, 7) is 2.19. The topological polar surface area (TPSA) is 67.4 Å². The molecule has 1 aromatic rings. The molecule has 1 aromatic carbocycles. The summed E-state index contributed by atoms with van der Waals surface area (Å²) >= 11 is 0. The predicted molar refractivity (Wildman–Crippen MR) is 106 cm³/mol. The number of carbonyl (C=O) groups is 2. The van der Waals surface area contributed by atoms with Gasteiger partial charge in [0.25, 0.3) is 0 Å². The summed E-state index contributed by atoms with van der Waals surface area (Å²) in [6, 6.07) is 8.25. The number of benzene rings is 1. The van der Waals surface area contributed by atoms with Gasteiger partial charge < -0.3 is 15.4 Å². The molecule has 27 heavy (non-hydrogen) atoms. The SMILES string of the molecule is CCCC1CC(=O)NC2CC(NC(=O)CCc3ccc(OC)cc3)CCC12. The van der Waals surface area contributed by atoms with Crippen LogP contribution in [0.3, 0.4) is 0 Å². The van der Waals surface area contributed by atoms with Crippen LogP contribution in [-0.2, 0) is 16.0 Å². The molecule has 3 rings (SSSR count). The maximum absolute atomic E-state index is 12.4. The van der Waals surface area contributed by atoms with E-state index in [4.69, 9.17) is 4.74 Å². The molecule has 0 radical (unpaired) electrons. The molecule has 0 aromatic heterocycles. The van der Waals surface area contributed by atoms with Crippen molar-refractivity contribution < 1.29 is 14.3 Å². The molecule has 1 aliphatic carbocycles. The monoisotopic (exact) mass is 372 g/mol. The molecule has 4 atom stereocenters. The summed E-state index contributed by atoms with van der Waals surface area (Å²) in [5.74, 6) is 2.20. The van der Waals surface area contributed by atoms with E-state index in [0.717, 1.165) is 49.8 Å². The summed E-state index contributed by atoms with van der Waals surface area (Å²) in [6.07, 6.45) is 7.13. The van der Waals surface area contributed by atoms with E-state index in [1.54, 1.807) is 7.11 Å². The van der Waals surface area contributed by atoms with Gasteiger partial charge in [-0.15, -0.1) is 0 Å². The fourth-order valence-corrected chi connectivity index (χ4v) is 4.75. The van der Waals surface area contributed by atoms with Crippen LogP contribution in [0.25, 0.3) is 0 Å². The summed E-state index contributed by atoms with van der Waals surface area (Å²) in [5, 5.41) is 6.37. The number of hydrogen-bond donors (Lipinski definition) is 2. The Kier molecular flexibility index (Phi) is 6.75. The molecule has 1 saturated carbocycles. The Morgan fingerprint density at radius 3 is 2.74 bits per heavy atom. The summed E-state index contributed by atoms with van der Waals surface area (Å²) in [4.78, 5) is 24.4. The van der Waals surface area contributed by atoms with Crippen molar-refractivity contribution in [1.29, 1.82) is 0 Å². The van der Waals surface area contributed by atoms with Crippen LogP contribution in [0.15, 0.2) is 24.3 Å². The Labute approximate surface area is 162 Å². The molecule has 1 saturated heterocycles. The smallest absolute Gasteiger partial charge is 0.220 e. The van der Waals surface area contributed by atoms with Gasteiger partial charge >= 0.3 is 0 Å². The zero-order valence-electron chi connectivity index (χ0n) is 16.5. The molecule has 0 spiro atoms. The number of piperidine rings is 1. The van der Waals surface area contributed by atoms with Crippen LogP contribution in [0.2, 0.25) is 0 Å². The Morgan fingerprint density at radius 2 is 2.04 bits per heavy atom. The van der Waals surface area contributed by atoms with E-state index < -0.39 is 0 Å². The fraction of sp³-hybridized carbons (Fsp3) is 0.636. The van der Waals surface area contributed by atoms with Crippen LogP contribution in [-0.4, -0.2) is 31.0 Å². The number of methoxy groups -OCH3 is 1. The largest absolute Gasteiger partial charge is 0.497 e. The Hall–Kier alpha value is -2.04. The molecule has 148 valence electrons. The number of hydrogen-bond acceptors (Lipinski definition) is 3. The first-order valence-electron chi connectivity index (χ1n) is 10.3. The lowest BCUT2D eigenvalue weighted by molar-refractivity contribution is -0.127. The van der Waals surface area contributed by atoms with Crippen LogP contribution in [0.1, 0.15) is 57.4 Å². The molecule has 2 amide bonds. The van der Waals surface area contributed by atoms with Gasteiger partial charge in [-0.2, -0.15) is 0 Å². The highest BCUT2D eigenvalue weighted by Gasteiger charge is 2.40. The van der Waals surface area contributed by atoms with Gasteiger partial charge in [0.1, 0.15) is 5.75 Å². The second-order valence-corrected chi connectivity index (χ2v) is 8.02. The normalized spacial score (nSPS) is 27.4. The summed E-state index contributed by atoms with van der Waals surface area (Å²) in [7, 11) is 1.65. The molecule has 4 unspecified atom stereocenters. The molecule has 5 nitrogen and oxygen atoms in total. The van der Waals surface area contributed by atoms with Gasteiger partial charge in [-0.25, -0.2) is 0 Å². The minimum Gasteiger partial charge on any atom is -0.497 e. The lowest BCUT2D eigenvalue weighted by Gasteiger charge is -2.44. The second kappa shape index (κ2) is 9.25. The lowest BCUT2D eigenvalue weighted by Crippen LogP contribution is -2.55. The van der Waals surface area contributed by atoms with Crippen molar-refractivity contribution in [3.8, 4) is 5.75 Å². The van der Waals surface area contributed by atoms with E-state index in [1.165, 1.54) is 0 Å². The van der Waals surface area contributed by atoms with Crippen molar-refractivity contribution >= 4 is 11.8 Å². The van der Waals surface area contributed by atoms with E-state index in [0.29, 0.717) is 24.7 Å². The quantitative estimate of drug-likeness (QED) is 0.772. The van der Waals surface area contributed by atoms with E-state index >= 15 is 0 Å². The highest BCUT2D eigenvalue weighted by Crippen LogP contribution is 2.37. The first-order valence-corrected chi connectivity index (χ1v) is 10.3. The van der Waals surface area contributed by atoms with Gasteiger partial charge in [0.05, 0.1) is 7.11 Å². The Bertz CT molecular complexity index is 643. The highest BCUT2D eigenvalue weighted by molar-refractivity contribution is 5.78. The zero-order valence-corrected chi connectivity index (χ0v) is 16.5. The average Bonchev–Trinajstić information content (AvgIpc) is 2.66. The number of rotatable bonds is 7. The zero-order chi connectivity index (χ0) is 19.2. The van der Waals surface area contributed by atoms with Crippen molar-refractivity contribution in [2.24, 2.45) is 11.8 Å². The van der Waals surface area contributed by atoms with Crippen molar-refractivity contribution in [2.45, 2.75) is 70.4 Å². The number of aryl methyl sites for hydroxylation is 1. The molecule has 2 fully saturated rings. The molecule has 1 heterocycles. The van der Waals surface area contributed by atoms with Crippen LogP contribution < -0.4 is 15.4 Å². The minimum atomic E-state index is 0.0986. The first kappa shape index (κ1) is 19.7. The molecule has 2 aliphatic rings. The van der Waals surface area contributed by atoms with Crippen molar-refractivity contribution in [1.82, 2.24) is 10.6 Å². The molecule has 1 aliphatic heterocycles. The van der Waals surface area contributed by atoms with Crippen molar-refractivity contribution in [3.63, 3.8) is 0 Å². The predicted octanol–water partition coefficient (Wildman–Crippen LogP) is 3.22. The van der Waals surface area contributed by atoms with E-state index in [2.05, 4.69) is 17.6 Å². The third-order valence-electron chi connectivity index (χ3n) is 6.13. The van der Waals surface area contributed by atoms with Crippen LogP contribution in [0, 0.1) is 11.8 Å². The number of carbonyl (C=O) groups excluding carboxylic acids is 2. The van der Waals surface area contributed by atoms with E-state index in [1.807, 2.05) is 24.3 Å². The van der Waals surface area contributed by atoms with Gasteiger partial charge in [-0.1, -0.05) is 25.5 Å². The van der Waals surface area contributed by atoms with Gasteiger partial charge in [0.15, 0.2) is 0 Å². The Morgan fingerprint density at radius 1 is 1.26 bits per heavy atom. The molecular weight excluding hydrogens is 340 g/mol. The van der Waals surface area contributed by atoms with Crippen LogP contribution in [0.5, 0.6) is 5.75 Å². The average molecular weight is 373 g/mol. The lowest BCUT2D eigenvalue weighted by atomic mass is 9.70. The van der Waals surface area contributed by atoms with E-state index in [-0.39, 0.29) is 23.9 Å². The van der Waals surface area contributed by atoms with Gasteiger partial charge in [-0.3, -0.25) is 9.59 Å². The van der Waals surface area contributed by atoms with Gasteiger partial charge in [-0.05, 0) is 61.6 Å². The van der Waals surface area contributed by atoms with Gasteiger partial charge in [0, 0.05) is 24.9 Å². The molecule has 2 N–H and O–H groups in total. The standard InChI is InChI=1S/C22H32N2O3/c1-3-4-16-13-22(26)24-20-14-17(8-11-19(16)20)23-21(25)12-7-15-5-9-18(27-2)10-6-15/h5-6,9-10,16-17,19-20H,3-4,7-8,11-14H2,1-2H3,(H,23,25)(H,24,26). The third-order valence-corrected chi connectivity index (χ3v) is 6.13. The number of nitrogens with one attached hydrogen (secondary N) is 2. The molecule has 5 heteroatoms. The second-order valence-electron chi connectivity index (χ2n) is 8.02. The van der Waals surface area contributed by atoms with Crippen LogP contribution in [0.4, 0.5) is 0 Å². The number of amides is 2. The molecule has 0 bridgehead atoms. The first-order chi connectivity index (χ1) is 13.1. The highest BCUT2D eigenvalue weighted by atomic mass is 16.5. The number of ether oxygens (including phenoxy) is 1. The van der Waals surface area contributed by atoms with Crippen molar-refractivity contribution in [2.75, 3.05) is 7.11 Å². The molecular formula is C22H32N2O3. The summed E-state index contributed by atoms with van der Waals surface area (Å²) in [5.41, 5.74) is 1.14. The minimum absolute atomic E-state index is 0.0986. The van der Waals surface area contributed by atoms with Gasteiger partial charge in [0.2, 0.25) is 11.8 Å². The third kappa shape index (κ3) is 5.24. The summed E-state index contributed by atoms with van der Waals surface area (Å²) < 4.78 is 5.16. The number of fused-ring (bicyclic) bond motifs is 1. The Balaban J connectivity index is 1.47. The van der Waals surface area contributed by atoms with Crippen LogP contribution >= 0.6 is 0 Å². The van der Waals surface area contributed by atoms with Crippen molar-refractivity contribution in [3.05, 3.63) is 29.8 Å². The maximum atomic E-state index is 12.4. The van der Waals surface area contributed by atoms with E-state index in [9.17, 15) is 9.59 Å². The maximum Gasteiger partial charge on any atom is 0.220 e.